The van der Waals surface area contributed by atoms with Crippen molar-refractivity contribution in [2.75, 3.05) is 0 Å². The highest BCUT2D eigenvalue weighted by atomic mass is 79.9. The molecule has 1 nitrogen and oxygen atoms in total. The smallest absolute Gasteiger partial charge is 0.137 e. The van der Waals surface area contributed by atoms with Crippen LogP contribution in [0.25, 0.3) is 6.08 Å². The number of benzene rings is 1. The first kappa shape index (κ1) is 17.1. The highest BCUT2D eigenvalue weighted by Crippen LogP contribution is 2.36. The van der Waals surface area contributed by atoms with Crippen LogP contribution in [0.5, 0.6) is 0 Å². The maximum Gasteiger partial charge on any atom is 0.137 e. The van der Waals surface area contributed by atoms with Crippen molar-refractivity contribution in [1.82, 2.24) is 0 Å². The number of halogens is 1. The Kier molecular flexibility index (Phi) is 5.72. The van der Waals surface area contributed by atoms with Crippen LogP contribution >= 0.6 is 15.9 Å². The van der Waals surface area contributed by atoms with Gasteiger partial charge in [0, 0.05) is 4.48 Å². The number of hydrogen-bond donors (Lipinski definition) is 0. The summed E-state index contributed by atoms with van der Waals surface area (Å²) < 4.78 is 0.913. The van der Waals surface area contributed by atoms with Crippen LogP contribution in [0.1, 0.15) is 26.3 Å². The summed E-state index contributed by atoms with van der Waals surface area (Å²) >= 11 is 3.50. The quantitative estimate of drug-likeness (QED) is 0.392. The van der Waals surface area contributed by atoms with Gasteiger partial charge in [-0.05, 0) is 28.8 Å². The van der Waals surface area contributed by atoms with E-state index in [-0.39, 0.29) is 10.4 Å². The topological polar surface area (TPSA) is 17.1 Å². The molecule has 1 rings (SSSR count). The molecule has 0 aromatic heterocycles. The largest absolute Gasteiger partial charge is 0.301 e. The zero-order valence-electron chi connectivity index (χ0n) is 12.9. The van der Waals surface area contributed by atoms with Crippen molar-refractivity contribution in [3.63, 3.8) is 0 Å². The van der Waals surface area contributed by atoms with Crippen molar-refractivity contribution in [3.8, 4) is 0 Å². The van der Waals surface area contributed by atoms with E-state index in [1.807, 2.05) is 42.5 Å². The van der Waals surface area contributed by atoms with Crippen molar-refractivity contribution in [3.05, 3.63) is 52.5 Å². The first-order chi connectivity index (χ1) is 9.14. The lowest BCUT2D eigenvalue weighted by molar-refractivity contribution is -0.108. The van der Waals surface area contributed by atoms with Crippen LogP contribution in [0, 0.1) is 0 Å². The van der Waals surface area contributed by atoms with Gasteiger partial charge in [-0.1, -0.05) is 80.1 Å². The van der Waals surface area contributed by atoms with Crippen LogP contribution in [0.4, 0.5) is 0 Å². The number of rotatable bonds is 4. The summed E-state index contributed by atoms with van der Waals surface area (Å²) in [5.74, 6) is 0. The molecule has 3 heteroatoms. The lowest BCUT2D eigenvalue weighted by Gasteiger charge is -2.34. The van der Waals surface area contributed by atoms with E-state index in [0.29, 0.717) is 0 Å². The van der Waals surface area contributed by atoms with Crippen LogP contribution in [-0.2, 0) is 4.79 Å². The Morgan fingerprint density at radius 3 is 2.15 bits per heavy atom. The molecular weight excluding hydrogens is 328 g/mol. The van der Waals surface area contributed by atoms with Gasteiger partial charge >= 0.3 is 0 Å². The number of allylic oxidation sites excluding steroid dienone is 3. The van der Waals surface area contributed by atoms with Crippen molar-refractivity contribution in [2.45, 2.75) is 38.9 Å². The standard InChI is InChI=1S/C17H23BrOSi/c1-17(2,3)20(4,5)16(19)12-11-15(18)13-14-9-7-6-8-10-14/h6-13H,1-5H3/b12-11+,15-13-. The molecule has 0 fully saturated rings. The first-order valence-corrected chi connectivity index (χ1v) is 10.6. The number of carbonyl (C=O) groups excluding carboxylic acids is 1. The minimum absolute atomic E-state index is 0.0735. The molecule has 20 heavy (non-hydrogen) atoms. The zero-order chi connectivity index (χ0) is 15.4. The molecule has 0 saturated heterocycles. The van der Waals surface area contributed by atoms with Gasteiger partial charge in [-0.3, -0.25) is 0 Å². The second kappa shape index (κ2) is 6.68. The van der Waals surface area contributed by atoms with Crippen LogP contribution < -0.4 is 0 Å². The predicted molar refractivity (Wildman–Crippen MR) is 94.7 cm³/mol. The monoisotopic (exact) mass is 350 g/mol. The SMILES string of the molecule is CC(C)(C)[Si](C)(C)C(=O)/C=C/C(Br)=C/c1ccccc1. The van der Waals surface area contributed by atoms with Gasteiger partial charge in [0.1, 0.15) is 13.5 Å². The molecule has 0 aliphatic heterocycles. The van der Waals surface area contributed by atoms with E-state index in [1.165, 1.54) is 0 Å². The van der Waals surface area contributed by atoms with Crippen molar-refractivity contribution >= 4 is 35.5 Å². The summed E-state index contributed by atoms with van der Waals surface area (Å²) in [5.41, 5.74) is 1.11. The molecule has 0 saturated carbocycles. The van der Waals surface area contributed by atoms with Crippen LogP contribution in [0.3, 0.4) is 0 Å². The van der Waals surface area contributed by atoms with Crippen LogP contribution in [0.2, 0.25) is 18.1 Å². The number of carbonyl (C=O) groups is 1. The Bertz CT molecular complexity index is 522. The van der Waals surface area contributed by atoms with Gasteiger partial charge in [0.05, 0.1) is 0 Å². The lowest BCUT2D eigenvalue weighted by Crippen LogP contribution is -2.45. The molecule has 0 N–H and O–H groups in total. The summed E-state index contributed by atoms with van der Waals surface area (Å²) in [4.78, 5) is 12.4. The van der Waals surface area contributed by atoms with E-state index in [1.54, 1.807) is 6.08 Å². The van der Waals surface area contributed by atoms with Crippen LogP contribution in [-0.4, -0.2) is 13.5 Å². The summed E-state index contributed by atoms with van der Waals surface area (Å²) in [7, 11) is -1.94. The fourth-order valence-corrected chi connectivity index (χ4v) is 3.13. The molecule has 0 aliphatic rings. The molecule has 0 unspecified atom stereocenters. The maximum absolute atomic E-state index is 12.4. The van der Waals surface area contributed by atoms with Crippen molar-refractivity contribution < 1.29 is 4.79 Å². The third-order valence-corrected chi connectivity index (χ3v) is 9.63. The van der Waals surface area contributed by atoms with Crippen molar-refractivity contribution in [2.24, 2.45) is 0 Å². The van der Waals surface area contributed by atoms with Crippen molar-refractivity contribution in [1.29, 1.82) is 0 Å². The van der Waals surface area contributed by atoms with Gasteiger partial charge in [0.2, 0.25) is 0 Å². The van der Waals surface area contributed by atoms with Gasteiger partial charge in [0.15, 0.2) is 0 Å². The van der Waals surface area contributed by atoms with Gasteiger partial charge in [-0.2, -0.15) is 0 Å². The molecular formula is C17H23BrOSi. The molecule has 0 heterocycles. The Labute approximate surface area is 131 Å². The van der Waals surface area contributed by atoms with Gasteiger partial charge in [-0.15, -0.1) is 0 Å². The molecule has 0 amide bonds. The third-order valence-electron chi connectivity index (χ3n) is 3.99. The Balaban J connectivity index is 2.83. The molecule has 0 aliphatic carbocycles. The lowest BCUT2D eigenvalue weighted by atomic mass is 10.2. The highest BCUT2D eigenvalue weighted by molar-refractivity contribution is 9.12. The molecule has 0 atom stereocenters. The van der Waals surface area contributed by atoms with Gasteiger partial charge in [-0.25, -0.2) is 0 Å². The molecule has 1 aromatic carbocycles. The molecule has 1 aromatic rings. The average Bonchev–Trinajstić information content (AvgIpc) is 2.35. The average molecular weight is 351 g/mol. The zero-order valence-corrected chi connectivity index (χ0v) is 15.5. The molecule has 0 bridgehead atoms. The Hall–Kier alpha value is -0.933. The van der Waals surface area contributed by atoms with E-state index < -0.39 is 8.07 Å². The maximum atomic E-state index is 12.4. The second-order valence-corrected chi connectivity index (χ2v) is 12.7. The predicted octanol–water partition coefficient (Wildman–Crippen LogP) is 5.60. The van der Waals surface area contributed by atoms with E-state index >= 15 is 0 Å². The van der Waals surface area contributed by atoms with E-state index in [2.05, 4.69) is 49.8 Å². The van der Waals surface area contributed by atoms with Gasteiger partial charge < -0.3 is 4.79 Å². The van der Waals surface area contributed by atoms with Crippen LogP contribution in [0.15, 0.2) is 47.0 Å². The third kappa shape index (κ3) is 4.56. The van der Waals surface area contributed by atoms with E-state index in [0.717, 1.165) is 10.0 Å². The Morgan fingerprint density at radius 1 is 1.10 bits per heavy atom. The summed E-state index contributed by atoms with van der Waals surface area (Å²) in [6.07, 6.45) is 5.59. The minimum atomic E-state index is -1.94. The highest BCUT2D eigenvalue weighted by Gasteiger charge is 2.40. The fraction of sp³-hybridized carbons (Fsp3) is 0.353. The Morgan fingerprint density at radius 2 is 1.65 bits per heavy atom. The number of hydrogen-bond acceptors (Lipinski definition) is 1. The van der Waals surface area contributed by atoms with Gasteiger partial charge in [0.25, 0.3) is 0 Å². The summed E-state index contributed by atoms with van der Waals surface area (Å²) in [6.45, 7) is 10.7. The summed E-state index contributed by atoms with van der Waals surface area (Å²) in [5, 5.41) is 0.354. The first-order valence-electron chi connectivity index (χ1n) is 6.79. The van der Waals surface area contributed by atoms with E-state index in [4.69, 9.17) is 0 Å². The molecule has 0 spiro atoms. The minimum Gasteiger partial charge on any atom is -0.301 e. The molecule has 0 radical (unpaired) electrons. The molecule has 108 valence electrons. The second-order valence-electron chi connectivity index (χ2n) is 6.51. The fourth-order valence-electron chi connectivity index (χ4n) is 1.49. The normalized spacial score (nSPS) is 13.8. The summed E-state index contributed by atoms with van der Waals surface area (Å²) in [6, 6.07) is 10.0. The van der Waals surface area contributed by atoms with E-state index in [9.17, 15) is 4.79 Å².